The molecule has 4 aromatic rings. The van der Waals surface area contributed by atoms with Gasteiger partial charge in [0, 0.05) is 27.6 Å². The lowest BCUT2D eigenvalue weighted by Crippen LogP contribution is -1.93. The second kappa shape index (κ2) is 7.18. The van der Waals surface area contributed by atoms with Gasteiger partial charge in [0.1, 0.15) is 5.75 Å². The Morgan fingerprint density at radius 1 is 0.846 bits per heavy atom. The van der Waals surface area contributed by atoms with E-state index in [4.69, 9.17) is 0 Å². The average Bonchev–Trinajstić information content (AvgIpc) is 3.08. The summed E-state index contributed by atoms with van der Waals surface area (Å²) in [5, 5.41) is 18.0. The van der Waals surface area contributed by atoms with Gasteiger partial charge in [-0.25, -0.2) is 0 Å². The van der Waals surface area contributed by atoms with E-state index in [-0.39, 0.29) is 5.75 Å². The third kappa shape index (κ3) is 3.28. The molecule has 3 aromatic carbocycles. The van der Waals surface area contributed by atoms with Crippen molar-refractivity contribution in [1.29, 1.82) is 0 Å². The smallest absolute Gasteiger partial charge is 0.124 e. The number of nitrogens with zero attached hydrogens (tertiary/aromatic N) is 1. The Hall–Kier alpha value is -2.85. The first-order valence-electron chi connectivity index (χ1n) is 8.38. The third-order valence-corrected chi connectivity index (χ3v) is 4.91. The van der Waals surface area contributed by atoms with Crippen LogP contribution >= 0.6 is 15.9 Å². The number of nitrogens with one attached hydrogen (secondary N) is 1. The van der Waals surface area contributed by atoms with Gasteiger partial charge in [0.25, 0.3) is 0 Å². The van der Waals surface area contributed by atoms with Crippen LogP contribution in [0.2, 0.25) is 0 Å². The van der Waals surface area contributed by atoms with E-state index >= 15 is 0 Å². The second-order valence-corrected chi connectivity index (χ2v) is 7.03. The molecule has 0 unspecified atom stereocenters. The normalized spacial score (nSPS) is 10.8. The molecule has 0 saturated carbocycles. The van der Waals surface area contributed by atoms with E-state index in [0.29, 0.717) is 0 Å². The molecule has 2 N–H and O–H groups in total. The highest BCUT2D eigenvalue weighted by atomic mass is 79.9. The van der Waals surface area contributed by atoms with Crippen LogP contribution in [0.3, 0.4) is 0 Å². The first kappa shape index (κ1) is 16.6. The SMILES string of the molecule is Oc1ccccc1-c1[nH]nc(-c2ccccc2)c1Cc1ccc(Br)cc1. The molecule has 0 radical (unpaired) electrons. The largest absolute Gasteiger partial charge is 0.507 e. The highest BCUT2D eigenvalue weighted by Gasteiger charge is 2.18. The Kier molecular flexibility index (Phi) is 4.59. The molecule has 4 heteroatoms. The predicted molar refractivity (Wildman–Crippen MR) is 108 cm³/mol. The number of para-hydroxylation sites is 1. The number of phenols is 1. The van der Waals surface area contributed by atoms with Crippen LogP contribution < -0.4 is 0 Å². The van der Waals surface area contributed by atoms with Gasteiger partial charge in [-0.2, -0.15) is 5.10 Å². The summed E-state index contributed by atoms with van der Waals surface area (Å²) in [6.07, 6.45) is 0.720. The van der Waals surface area contributed by atoms with Gasteiger partial charge in [-0.05, 0) is 29.8 Å². The van der Waals surface area contributed by atoms with Crippen LogP contribution in [0.4, 0.5) is 0 Å². The Balaban J connectivity index is 1.86. The number of aromatic hydroxyl groups is 1. The molecule has 0 amide bonds. The monoisotopic (exact) mass is 404 g/mol. The predicted octanol–water partition coefficient (Wildman–Crippen LogP) is 5.80. The number of phenolic OH excluding ortho intramolecular Hbond substituents is 1. The van der Waals surface area contributed by atoms with Crippen LogP contribution in [0.25, 0.3) is 22.5 Å². The van der Waals surface area contributed by atoms with Crippen molar-refractivity contribution in [2.45, 2.75) is 6.42 Å². The lowest BCUT2D eigenvalue weighted by Gasteiger charge is -2.08. The molecule has 0 bridgehead atoms. The minimum absolute atomic E-state index is 0.243. The Morgan fingerprint density at radius 2 is 1.54 bits per heavy atom. The quantitative estimate of drug-likeness (QED) is 0.451. The van der Waals surface area contributed by atoms with Crippen LogP contribution in [-0.4, -0.2) is 15.3 Å². The van der Waals surface area contributed by atoms with Crippen LogP contribution in [0, 0.1) is 0 Å². The molecule has 1 heterocycles. The van der Waals surface area contributed by atoms with Crippen LogP contribution in [-0.2, 0) is 6.42 Å². The number of aromatic nitrogens is 2. The van der Waals surface area contributed by atoms with E-state index in [1.54, 1.807) is 6.07 Å². The zero-order valence-electron chi connectivity index (χ0n) is 14.0. The van der Waals surface area contributed by atoms with Crippen molar-refractivity contribution in [3.8, 4) is 28.3 Å². The summed E-state index contributed by atoms with van der Waals surface area (Å²) in [5.74, 6) is 0.243. The van der Waals surface area contributed by atoms with Gasteiger partial charge in [-0.15, -0.1) is 0 Å². The minimum Gasteiger partial charge on any atom is -0.507 e. The summed E-state index contributed by atoms with van der Waals surface area (Å²) in [7, 11) is 0. The lowest BCUT2D eigenvalue weighted by molar-refractivity contribution is 0.477. The molecule has 0 fully saturated rings. The van der Waals surface area contributed by atoms with Crippen molar-refractivity contribution >= 4 is 15.9 Å². The van der Waals surface area contributed by atoms with E-state index < -0.39 is 0 Å². The molecular formula is C22H17BrN2O. The van der Waals surface area contributed by atoms with E-state index in [1.165, 1.54) is 5.56 Å². The van der Waals surface area contributed by atoms with Crippen LogP contribution in [0.1, 0.15) is 11.1 Å². The number of H-pyrrole nitrogens is 1. The summed E-state index contributed by atoms with van der Waals surface area (Å²) in [6, 6.07) is 25.7. The molecule has 0 aliphatic rings. The zero-order chi connectivity index (χ0) is 17.9. The van der Waals surface area contributed by atoms with Crippen LogP contribution in [0.15, 0.2) is 83.3 Å². The van der Waals surface area contributed by atoms with E-state index in [1.807, 2.05) is 48.5 Å². The number of benzene rings is 3. The number of halogens is 1. The summed E-state index contributed by atoms with van der Waals surface area (Å²) in [5.41, 5.74) is 5.83. The molecule has 1 aromatic heterocycles. The molecule has 0 saturated heterocycles. The third-order valence-electron chi connectivity index (χ3n) is 4.38. The highest BCUT2D eigenvalue weighted by Crippen LogP contribution is 2.35. The molecule has 0 aliphatic carbocycles. The lowest BCUT2D eigenvalue weighted by atomic mass is 9.96. The first-order chi connectivity index (χ1) is 12.7. The maximum atomic E-state index is 10.3. The fraction of sp³-hybridized carbons (Fsp3) is 0.0455. The van der Waals surface area contributed by atoms with Gasteiger partial charge in [-0.1, -0.05) is 70.5 Å². The zero-order valence-corrected chi connectivity index (χ0v) is 15.6. The van der Waals surface area contributed by atoms with E-state index in [0.717, 1.165) is 39.0 Å². The Labute approximate surface area is 160 Å². The van der Waals surface area contributed by atoms with Crippen molar-refractivity contribution in [2.24, 2.45) is 0 Å². The fourth-order valence-corrected chi connectivity index (χ4v) is 3.35. The standard InChI is InChI=1S/C22H17BrN2O/c23-17-12-10-15(11-13-17)14-19-21(16-6-2-1-3-7-16)24-25-22(19)18-8-4-5-9-20(18)26/h1-13,26H,14H2,(H,24,25). The Morgan fingerprint density at radius 3 is 2.27 bits per heavy atom. The topological polar surface area (TPSA) is 48.9 Å². The second-order valence-electron chi connectivity index (χ2n) is 6.11. The summed E-state index contributed by atoms with van der Waals surface area (Å²) in [6.45, 7) is 0. The van der Waals surface area contributed by atoms with Gasteiger partial charge in [0.05, 0.1) is 11.4 Å². The van der Waals surface area contributed by atoms with Crippen molar-refractivity contribution in [1.82, 2.24) is 10.2 Å². The van der Waals surface area contributed by atoms with Gasteiger partial charge >= 0.3 is 0 Å². The molecule has 0 aliphatic heterocycles. The fourth-order valence-electron chi connectivity index (χ4n) is 3.09. The number of aromatic amines is 1. The maximum absolute atomic E-state index is 10.3. The molecule has 26 heavy (non-hydrogen) atoms. The summed E-state index contributed by atoms with van der Waals surface area (Å²) < 4.78 is 1.05. The van der Waals surface area contributed by atoms with E-state index in [9.17, 15) is 5.11 Å². The Bertz CT molecular complexity index is 1020. The first-order valence-corrected chi connectivity index (χ1v) is 9.17. The van der Waals surface area contributed by atoms with Crippen LogP contribution in [0.5, 0.6) is 5.75 Å². The minimum atomic E-state index is 0.243. The molecular weight excluding hydrogens is 388 g/mol. The average molecular weight is 405 g/mol. The highest BCUT2D eigenvalue weighted by molar-refractivity contribution is 9.10. The maximum Gasteiger partial charge on any atom is 0.124 e. The summed E-state index contributed by atoms with van der Waals surface area (Å²) in [4.78, 5) is 0. The van der Waals surface area contributed by atoms with Crippen molar-refractivity contribution in [3.63, 3.8) is 0 Å². The molecule has 128 valence electrons. The molecule has 0 spiro atoms. The van der Waals surface area contributed by atoms with Crippen molar-refractivity contribution < 1.29 is 5.11 Å². The van der Waals surface area contributed by atoms with Gasteiger partial charge in [0.15, 0.2) is 0 Å². The van der Waals surface area contributed by atoms with Gasteiger partial charge in [-0.3, -0.25) is 5.10 Å². The number of hydrogen-bond acceptors (Lipinski definition) is 2. The van der Waals surface area contributed by atoms with E-state index in [2.05, 4.69) is 50.4 Å². The molecule has 3 nitrogen and oxygen atoms in total. The number of hydrogen-bond donors (Lipinski definition) is 2. The van der Waals surface area contributed by atoms with Gasteiger partial charge < -0.3 is 5.11 Å². The van der Waals surface area contributed by atoms with Gasteiger partial charge in [0.2, 0.25) is 0 Å². The molecule has 0 atom stereocenters. The van der Waals surface area contributed by atoms with Crippen molar-refractivity contribution in [3.05, 3.63) is 94.5 Å². The molecule has 4 rings (SSSR count). The summed E-state index contributed by atoms with van der Waals surface area (Å²) >= 11 is 3.48. The van der Waals surface area contributed by atoms with Crippen molar-refractivity contribution in [2.75, 3.05) is 0 Å². The number of rotatable bonds is 4.